The molecule has 0 fully saturated rings. The number of hydrogen-bond acceptors (Lipinski definition) is 0. The molecule has 0 N–H and O–H groups in total. The fraction of sp³-hybridized carbons (Fsp3) is 0.684. The Bertz CT molecular complexity index is 378. The molecule has 0 nitrogen and oxygen atoms in total. The summed E-state index contributed by atoms with van der Waals surface area (Å²) in [6.45, 7) is 6.95. The van der Waals surface area contributed by atoms with Gasteiger partial charge in [-0.3, -0.25) is 0 Å². The molecule has 21 heavy (non-hydrogen) atoms. The average molecular weight is 329 g/mol. The maximum atomic E-state index is 7.04. The first kappa shape index (κ1) is 19.0. The first-order valence-corrected chi connectivity index (χ1v) is 13.1. The number of rotatable bonds is 11. The predicted molar refractivity (Wildman–Crippen MR) is 102 cm³/mol. The molecule has 0 heterocycles. The molecule has 0 aliphatic carbocycles. The zero-order valence-corrected chi connectivity index (χ0v) is 15.9. The second-order valence-electron chi connectivity index (χ2n) is 7.36. The van der Waals surface area contributed by atoms with E-state index in [1.807, 2.05) is 0 Å². The minimum atomic E-state index is -2.02. The van der Waals surface area contributed by atoms with Gasteiger partial charge in [0.05, 0.1) is 0 Å². The van der Waals surface area contributed by atoms with E-state index >= 15 is 0 Å². The molecular weight excluding hydrogens is 295 g/mol. The summed E-state index contributed by atoms with van der Waals surface area (Å²) in [6, 6.07) is 10.7. The van der Waals surface area contributed by atoms with Crippen LogP contribution < -0.4 is 0 Å². The molecule has 1 rings (SSSR count). The third-order valence-corrected chi connectivity index (χ3v) is 8.12. The molecule has 0 aliphatic rings. The molecule has 0 atom stereocenters. The number of hydrogen-bond donors (Lipinski definition) is 0. The van der Waals surface area contributed by atoms with Crippen LogP contribution in [0.25, 0.3) is 0 Å². The van der Waals surface area contributed by atoms with Crippen LogP contribution in [0.1, 0.15) is 63.9 Å². The molecule has 0 saturated carbocycles. The van der Waals surface area contributed by atoms with Crippen molar-refractivity contribution in [1.82, 2.24) is 0 Å². The molecule has 0 spiro atoms. The predicted octanol–water partition coefficient (Wildman–Crippen LogP) is 7.29. The third kappa shape index (κ3) is 9.54. The number of halogens is 1. The van der Waals surface area contributed by atoms with E-state index in [-0.39, 0.29) is 0 Å². The Morgan fingerprint density at radius 2 is 1.33 bits per heavy atom. The van der Waals surface area contributed by atoms with Crippen LogP contribution in [0.15, 0.2) is 30.3 Å². The van der Waals surface area contributed by atoms with Crippen molar-refractivity contribution < 1.29 is 0 Å². The van der Waals surface area contributed by atoms with Crippen molar-refractivity contribution in [1.29, 1.82) is 0 Å². The van der Waals surface area contributed by atoms with Gasteiger partial charge in [-0.15, -0.1) is 0 Å². The van der Waals surface area contributed by atoms with Crippen LogP contribution in [0.4, 0.5) is 0 Å². The van der Waals surface area contributed by atoms with Gasteiger partial charge in [-0.2, -0.15) is 0 Å². The standard InChI is InChI=1S/C19H34ClP/c1-4-5-6-7-8-9-10-14-17-21(2,3,20)18-19-15-12-11-13-16-19/h11-13,15-16H,4-10,14,17-18H2,1-3H3. The molecule has 0 saturated heterocycles. The number of unbranched alkanes of at least 4 members (excludes halogenated alkanes) is 7. The van der Waals surface area contributed by atoms with Crippen LogP contribution in [-0.4, -0.2) is 19.5 Å². The first-order chi connectivity index (χ1) is 9.91. The van der Waals surface area contributed by atoms with Gasteiger partial charge in [-0.05, 0) is 0 Å². The quantitative estimate of drug-likeness (QED) is 0.295. The van der Waals surface area contributed by atoms with Crippen molar-refractivity contribution in [2.75, 3.05) is 19.5 Å². The second-order valence-corrected chi connectivity index (χ2v) is 16.6. The third-order valence-electron chi connectivity index (χ3n) is 4.21. The summed E-state index contributed by atoms with van der Waals surface area (Å²) in [6.07, 6.45) is 13.3. The zero-order valence-electron chi connectivity index (χ0n) is 14.3. The fourth-order valence-electron chi connectivity index (χ4n) is 2.96. The monoisotopic (exact) mass is 328 g/mol. The Balaban J connectivity index is 2.22. The van der Waals surface area contributed by atoms with Gasteiger partial charge in [-0.1, -0.05) is 0 Å². The van der Waals surface area contributed by atoms with Crippen molar-refractivity contribution in [3.63, 3.8) is 0 Å². The van der Waals surface area contributed by atoms with E-state index in [0.717, 1.165) is 6.16 Å². The van der Waals surface area contributed by atoms with Crippen molar-refractivity contribution in [3.05, 3.63) is 35.9 Å². The summed E-state index contributed by atoms with van der Waals surface area (Å²) in [4.78, 5) is 0. The van der Waals surface area contributed by atoms with Crippen molar-refractivity contribution in [3.8, 4) is 0 Å². The van der Waals surface area contributed by atoms with E-state index in [4.69, 9.17) is 11.2 Å². The van der Waals surface area contributed by atoms with Gasteiger partial charge < -0.3 is 0 Å². The Hall–Kier alpha value is -0.0600. The summed E-state index contributed by atoms with van der Waals surface area (Å²) < 4.78 is 0. The molecule has 0 aromatic heterocycles. The maximum absolute atomic E-state index is 7.04. The Morgan fingerprint density at radius 1 is 0.810 bits per heavy atom. The van der Waals surface area contributed by atoms with Gasteiger partial charge in [0, 0.05) is 0 Å². The molecular formula is C19H34ClP. The van der Waals surface area contributed by atoms with Crippen molar-refractivity contribution in [2.45, 2.75) is 64.5 Å². The van der Waals surface area contributed by atoms with E-state index in [9.17, 15) is 0 Å². The molecule has 0 bridgehead atoms. The molecule has 122 valence electrons. The topological polar surface area (TPSA) is 0 Å². The van der Waals surface area contributed by atoms with Gasteiger partial charge in [0.15, 0.2) is 0 Å². The van der Waals surface area contributed by atoms with Gasteiger partial charge in [0.2, 0.25) is 0 Å². The van der Waals surface area contributed by atoms with E-state index in [1.54, 1.807) is 0 Å². The van der Waals surface area contributed by atoms with Gasteiger partial charge >= 0.3 is 137 Å². The molecule has 1 aromatic rings. The van der Waals surface area contributed by atoms with Gasteiger partial charge in [0.1, 0.15) is 0 Å². The average Bonchev–Trinajstić information content (AvgIpc) is 2.41. The first-order valence-electron chi connectivity index (χ1n) is 8.67. The normalized spacial score (nSPS) is 13.8. The van der Waals surface area contributed by atoms with Crippen LogP contribution in [0.5, 0.6) is 0 Å². The fourth-order valence-corrected chi connectivity index (χ4v) is 6.43. The van der Waals surface area contributed by atoms with Gasteiger partial charge in [0.25, 0.3) is 0 Å². The van der Waals surface area contributed by atoms with Crippen molar-refractivity contribution >= 4 is 17.2 Å². The van der Waals surface area contributed by atoms with Crippen LogP contribution >= 0.6 is 17.2 Å². The van der Waals surface area contributed by atoms with Crippen LogP contribution in [0.3, 0.4) is 0 Å². The van der Waals surface area contributed by atoms with Crippen LogP contribution in [-0.2, 0) is 6.16 Å². The molecule has 0 unspecified atom stereocenters. The SMILES string of the molecule is CCCCCCCCCCP(C)(C)(Cl)Cc1ccccc1. The van der Waals surface area contributed by atoms with E-state index in [1.165, 1.54) is 63.1 Å². The van der Waals surface area contributed by atoms with E-state index in [0.29, 0.717) is 0 Å². The van der Waals surface area contributed by atoms with E-state index < -0.39 is 5.96 Å². The minimum absolute atomic E-state index is 1.07. The summed E-state index contributed by atoms with van der Waals surface area (Å²) in [5.74, 6) is -2.02. The van der Waals surface area contributed by atoms with Crippen LogP contribution in [0.2, 0.25) is 0 Å². The van der Waals surface area contributed by atoms with E-state index in [2.05, 4.69) is 50.6 Å². The van der Waals surface area contributed by atoms with Crippen molar-refractivity contribution in [2.24, 2.45) is 0 Å². The molecule has 0 amide bonds. The summed E-state index contributed by atoms with van der Waals surface area (Å²) in [5, 5.41) is 0. The summed E-state index contributed by atoms with van der Waals surface area (Å²) in [7, 11) is 0. The summed E-state index contributed by atoms with van der Waals surface area (Å²) in [5.41, 5.74) is 1.40. The molecule has 2 heteroatoms. The Kier molecular flexibility index (Phi) is 8.28. The van der Waals surface area contributed by atoms with Gasteiger partial charge in [-0.25, -0.2) is 0 Å². The number of benzene rings is 1. The second kappa shape index (κ2) is 9.16. The van der Waals surface area contributed by atoms with Crippen LogP contribution in [0, 0.1) is 0 Å². The zero-order chi connectivity index (χ0) is 15.6. The molecule has 1 aromatic carbocycles. The summed E-state index contributed by atoms with van der Waals surface area (Å²) >= 11 is 7.04. The Labute approximate surface area is 137 Å². The molecule has 0 radical (unpaired) electrons. The Morgan fingerprint density at radius 3 is 1.90 bits per heavy atom. The molecule has 0 aliphatic heterocycles.